The lowest BCUT2D eigenvalue weighted by molar-refractivity contribution is 0.0881. The molecule has 1 fully saturated rings. The van der Waals surface area contributed by atoms with Crippen molar-refractivity contribution in [2.45, 2.75) is 37.4 Å². The molecule has 0 aromatic rings. The first-order valence-electron chi connectivity index (χ1n) is 3.34. The van der Waals surface area contributed by atoms with E-state index < -0.39 is 5.34 Å². The summed E-state index contributed by atoms with van der Waals surface area (Å²) in [4.78, 5) is 0. The Morgan fingerprint density at radius 3 is 2.11 bits per heavy atom. The maximum atomic E-state index is 10.3. The van der Waals surface area contributed by atoms with E-state index in [9.17, 15) is 9.67 Å². The van der Waals surface area contributed by atoms with Crippen molar-refractivity contribution in [2.24, 2.45) is 0 Å². The number of hydrogen-bond donors (Lipinski definition) is 1. The fraction of sp³-hybridized carbons (Fsp3) is 1.00. The molecule has 0 heterocycles. The van der Waals surface area contributed by atoms with Gasteiger partial charge in [0.25, 0.3) is 0 Å². The van der Waals surface area contributed by atoms with Crippen LogP contribution in [-0.2, 0) is 4.57 Å². The molecule has 0 unspecified atom stereocenters. The Balaban J connectivity index is 2.46. The molecule has 0 amide bonds. The minimum Gasteiger partial charge on any atom is -0.378 e. The lowest BCUT2D eigenvalue weighted by Crippen LogP contribution is -2.23. The highest BCUT2D eigenvalue weighted by atomic mass is 31.1. The second-order valence-electron chi connectivity index (χ2n) is 2.63. The topological polar surface area (TPSA) is 37.3 Å². The molecule has 0 aromatic carbocycles. The summed E-state index contributed by atoms with van der Waals surface area (Å²) in [6, 6.07) is 0. The van der Waals surface area contributed by atoms with Crippen molar-refractivity contribution >= 4 is 8.46 Å². The van der Waals surface area contributed by atoms with Crippen molar-refractivity contribution in [3.05, 3.63) is 0 Å². The molecule has 1 saturated carbocycles. The van der Waals surface area contributed by atoms with Crippen LogP contribution in [0.4, 0.5) is 0 Å². The summed E-state index contributed by atoms with van der Waals surface area (Å²) in [6.45, 7) is 0. The molecule has 1 N–H and O–H groups in total. The molecule has 0 saturated heterocycles. The van der Waals surface area contributed by atoms with Gasteiger partial charge in [0, 0.05) is 0 Å². The van der Waals surface area contributed by atoms with Gasteiger partial charge in [-0.3, -0.25) is 4.57 Å². The molecule has 0 spiro atoms. The molecular formula is C6H11O2P. The van der Waals surface area contributed by atoms with Gasteiger partial charge in [0.15, 0.2) is 8.46 Å². The Bertz CT molecular complexity index is 108. The standard InChI is InChI=1S/C6H11O2P/c7-6(9-8)4-2-1-3-5-6/h7H,1-5H2. The molecule has 0 aromatic heterocycles. The van der Waals surface area contributed by atoms with E-state index in [4.69, 9.17) is 0 Å². The average Bonchev–Trinajstić information content (AvgIpc) is 1.90. The second kappa shape index (κ2) is 2.76. The highest BCUT2D eigenvalue weighted by molar-refractivity contribution is 7.25. The van der Waals surface area contributed by atoms with Gasteiger partial charge in [-0.1, -0.05) is 6.42 Å². The predicted octanol–water partition coefficient (Wildman–Crippen LogP) is 1.93. The minimum absolute atomic E-state index is 0.0905. The lowest BCUT2D eigenvalue weighted by atomic mass is 9.97. The molecule has 1 rings (SSSR count). The highest BCUT2D eigenvalue weighted by Crippen LogP contribution is 2.35. The van der Waals surface area contributed by atoms with Crippen LogP contribution in [0.5, 0.6) is 0 Å². The van der Waals surface area contributed by atoms with E-state index >= 15 is 0 Å². The predicted molar refractivity (Wildman–Crippen MR) is 35.6 cm³/mol. The Morgan fingerprint density at radius 1 is 1.22 bits per heavy atom. The van der Waals surface area contributed by atoms with Gasteiger partial charge < -0.3 is 5.11 Å². The maximum Gasteiger partial charge on any atom is 0.190 e. The van der Waals surface area contributed by atoms with E-state index in [0.717, 1.165) is 12.8 Å². The Kier molecular flexibility index (Phi) is 2.20. The summed E-state index contributed by atoms with van der Waals surface area (Å²) >= 11 is 0. The third kappa shape index (κ3) is 1.74. The Labute approximate surface area is 56.5 Å². The van der Waals surface area contributed by atoms with Crippen molar-refractivity contribution in [1.82, 2.24) is 0 Å². The first-order valence-corrected chi connectivity index (χ1v) is 4.15. The Morgan fingerprint density at radius 2 is 1.78 bits per heavy atom. The van der Waals surface area contributed by atoms with Crippen LogP contribution >= 0.6 is 8.46 Å². The first kappa shape index (κ1) is 7.17. The molecule has 9 heavy (non-hydrogen) atoms. The fourth-order valence-corrected chi connectivity index (χ4v) is 1.71. The molecule has 52 valence electrons. The summed E-state index contributed by atoms with van der Waals surface area (Å²) in [5.74, 6) is 0. The smallest absolute Gasteiger partial charge is 0.190 e. The molecule has 0 radical (unpaired) electrons. The van der Waals surface area contributed by atoms with E-state index in [-0.39, 0.29) is 8.46 Å². The van der Waals surface area contributed by atoms with E-state index in [1.54, 1.807) is 0 Å². The lowest BCUT2D eigenvalue weighted by Gasteiger charge is -2.24. The van der Waals surface area contributed by atoms with Crippen LogP contribution in [0.15, 0.2) is 0 Å². The third-order valence-corrected chi connectivity index (χ3v) is 2.61. The normalized spacial score (nSPS) is 26.3. The van der Waals surface area contributed by atoms with Gasteiger partial charge in [0.05, 0.1) is 0 Å². The monoisotopic (exact) mass is 146 g/mol. The zero-order valence-electron chi connectivity index (χ0n) is 5.34. The molecule has 0 aliphatic heterocycles. The molecule has 0 atom stereocenters. The number of hydrogen-bond acceptors (Lipinski definition) is 2. The second-order valence-corrected chi connectivity index (χ2v) is 3.65. The average molecular weight is 146 g/mol. The van der Waals surface area contributed by atoms with Crippen LogP contribution in [0.1, 0.15) is 32.1 Å². The van der Waals surface area contributed by atoms with Gasteiger partial charge in [0.2, 0.25) is 0 Å². The van der Waals surface area contributed by atoms with Crippen LogP contribution in [-0.4, -0.2) is 10.4 Å². The van der Waals surface area contributed by atoms with Gasteiger partial charge in [-0.2, -0.15) is 0 Å². The quantitative estimate of drug-likeness (QED) is 0.574. The SMILES string of the molecule is O=PC1(O)CCCCC1. The largest absolute Gasteiger partial charge is 0.378 e. The van der Waals surface area contributed by atoms with Crippen LogP contribution in [0, 0.1) is 0 Å². The number of aliphatic hydroxyl groups is 1. The zero-order chi connectivity index (χ0) is 6.74. The molecule has 1 aliphatic rings. The van der Waals surface area contributed by atoms with Crippen LogP contribution in [0.2, 0.25) is 0 Å². The number of rotatable bonds is 1. The van der Waals surface area contributed by atoms with Gasteiger partial charge in [0.1, 0.15) is 5.34 Å². The summed E-state index contributed by atoms with van der Waals surface area (Å²) in [5, 5.41) is 8.49. The molecular weight excluding hydrogens is 135 g/mol. The van der Waals surface area contributed by atoms with E-state index in [1.165, 1.54) is 6.42 Å². The summed E-state index contributed by atoms with van der Waals surface area (Å²) in [5.41, 5.74) is 0. The van der Waals surface area contributed by atoms with E-state index in [2.05, 4.69) is 0 Å². The van der Waals surface area contributed by atoms with E-state index in [0.29, 0.717) is 12.8 Å². The zero-order valence-corrected chi connectivity index (χ0v) is 6.23. The van der Waals surface area contributed by atoms with Crippen molar-refractivity contribution in [3.63, 3.8) is 0 Å². The summed E-state index contributed by atoms with van der Waals surface area (Å²) in [6.07, 6.45) is 4.63. The van der Waals surface area contributed by atoms with Gasteiger partial charge in [-0.25, -0.2) is 0 Å². The molecule has 0 bridgehead atoms. The third-order valence-electron chi connectivity index (χ3n) is 1.82. The maximum absolute atomic E-state index is 10.3. The van der Waals surface area contributed by atoms with Crippen molar-refractivity contribution in [2.75, 3.05) is 0 Å². The highest BCUT2D eigenvalue weighted by Gasteiger charge is 2.29. The summed E-state index contributed by atoms with van der Waals surface area (Å²) < 4.78 is 10.3. The molecule has 2 nitrogen and oxygen atoms in total. The van der Waals surface area contributed by atoms with Gasteiger partial charge in [-0.05, 0) is 25.7 Å². The van der Waals surface area contributed by atoms with Crippen molar-refractivity contribution in [1.29, 1.82) is 0 Å². The van der Waals surface area contributed by atoms with E-state index in [1.807, 2.05) is 0 Å². The van der Waals surface area contributed by atoms with Crippen molar-refractivity contribution in [3.8, 4) is 0 Å². The summed E-state index contributed by atoms with van der Waals surface area (Å²) in [7, 11) is -0.0905. The van der Waals surface area contributed by atoms with Gasteiger partial charge in [-0.15, -0.1) is 0 Å². The molecule has 3 heteroatoms. The minimum atomic E-state index is -0.863. The van der Waals surface area contributed by atoms with Crippen LogP contribution < -0.4 is 0 Å². The first-order chi connectivity index (χ1) is 4.27. The van der Waals surface area contributed by atoms with Crippen LogP contribution in [0.3, 0.4) is 0 Å². The molecule has 1 aliphatic carbocycles. The van der Waals surface area contributed by atoms with Gasteiger partial charge >= 0.3 is 0 Å². The van der Waals surface area contributed by atoms with Crippen LogP contribution in [0.25, 0.3) is 0 Å². The Hall–Kier alpha value is 0.0600. The van der Waals surface area contributed by atoms with Crippen molar-refractivity contribution < 1.29 is 9.67 Å². The fourth-order valence-electron chi connectivity index (χ4n) is 1.21.